The van der Waals surface area contributed by atoms with E-state index in [2.05, 4.69) is 25.9 Å². The van der Waals surface area contributed by atoms with Crippen molar-refractivity contribution in [1.82, 2.24) is 9.97 Å². The van der Waals surface area contributed by atoms with Gasteiger partial charge in [-0.25, -0.2) is 9.78 Å². The Hall–Kier alpha value is -1.37. The maximum atomic E-state index is 10.9. The Morgan fingerprint density at radius 1 is 1.35 bits per heavy atom. The Bertz CT molecular complexity index is 695. The Kier molecular flexibility index (Phi) is 4.47. The van der Waals surface area contributed by atoms with Gasteiger partial charge in [-0.15, -0.1) is 0 Å². The third-order valence-electron chi connectivity index (χ3n) is 2.36. The molecule has 20 heavy (non-hydrogen) atoms. The third-order valence-corrected chi connectivity index (χ3v) is 3.86. The van der Waals surface area contributed by atoms with Crippen LogP contribution in [-0.4, -0.2) is 21.0 Å². The molecular weight excluding hydrogens is 371 g/mol. The molecule has 2 aromatic rings. The van der Waals surface area contributed by atoms with Crippen LogP contribution in [0.5, 0.6) is 11.8 Å². The fourth-order valence-corrected chi connectivity index (χ4v) is 2.22. The molecule has 1 N–H and O–H groups in total. The highest BCUT2D eigenvalue weighted by Crippen LogP contribution is 2.35. The number of ether oxygens (including phenoxy) is 1. The van der Waals surface area contributed by atoms with Gasteiger partial charge in [0.15, 0.2) is 5.75 Å². The number of halogens is 3. The molecule has 0 bridgehead atoms. The Labute approximate surface area is 132 Å². The van der Waals surface area contributed by atoms with Gasteiger partial charge in [-0.2, -0.15) is 4.98 Å². The molecule has 0 saturated heterocycles. The SMILES string of the molecule is Cc1nc(Oc2cc(Cl)c(Br)cc2Cl)ncc1C(=O)O. The van der Waals surface area contributed by atoms with Gasteiger partial charge in [0.2, 0.25) is 0 Å². The summed E-state index contributed by atoms with van der Waals surface area (Å²) in [4.78, 5) is 18.6. The van der Waals surface area contributed by atoms with Crippen molar-refractivity contribution in [2.24, 2.45) is 0 Å². The highest BCUT2D eigenvalue weighted by molar-refractivity contribution is 9.10. The summed E-state index contributed by atoms with van der Waals surface area (Å²) in [5, 5.41) is 9.64. The zero-order chi connectivity index (χ0) is 14.9. The predicted octanol–water partition coefficient (Wildman–Crippen LogP) is 4.34. The normalized spacial score (nSPS) is 10.4. The second-order valence-electron chi connectivity index (χ2n) is 3.76. The first kappa shape index (κ1) is 15.0. The molecule has 5 nitrogen and oxygen atoms in total. The molecule has 0 aliphatic carbocycles. The molecule has 8 heteroatoms. The number of hydrogen-bond acceptors (Lipinski definition) is 4. The molecule has 0 aliphatic heterocycles. The summed E-state index contributed by atoms with van der Waals surface area (Å²) in [5.74, 6) is -0.818. The number of benzene rings is 1. The molecule has 1 aromatic heterocycles. The van der Waals surface area contributed by atoms with Crippen LogP contribution in [0, 0.1) is 6.92 Å². The maximum Gasteiger partial charge on any atom is 0.339 e. The summed E-state index contributed by atoms with van der Waals surface area (Å²) < 4.78 is 6.04. The maximum absolute atomic E-state index is 10.9. The van der Waals surface area contributed by atoms with Crippen LogP contribution in [0.1, 0.15) is 16.1 Å². The number of nitrogens with zero attached hydrogens (tertiary/aromatic N) is 2. The van der Waals surface area contributed by atoms with Gasteiger partial charge in [0.25, 0.3) is 0 Å². The van der Waals surface area contributed by atoms with Crippen LogP contribution < -0.4 is 4.74 Å². The van der Waals surface area contributed by atoms with E-state index >= 15 is 0 Å². The first-order valence-corrected chi connectivity index (χ1v) is 6.82. The van der Waals surface area contributed by atoms with Gasteiger partial charge in [-0.1, -0.05) is 23.2 Å². The van der Waals surface area contributed by atoms with Gasteiger partial charge < -0.3 is 9.84 Å². The molecule has 0 aliphatic rings. The van der Waals surface area contributed by atoms with E-state index in [4.69, 9.17) is 33.0 Å². The lowest BCUT2D eigenvalue weighted by Crippen LogP contribution is -2.04. The lowest BCUT2D eigenvalue weighted by atomic mass is 10.2. The van der Waals surface area contributed by atoms with Crippen molar-refractivity contribution >= 4 is 45.1 Å². The number of aromatic nitrogens is 2. The first-order chi connectivity index (χ1) is 9.38. The molecule has 0 unspecified atom stereocenters. The van der Waals surface area contributed by atoms with E-state index in [-0.39, 0.29) is 17.3 Å². The van der Waals surface area contributed by atoms with Crippen LogP contribution in [-0.2, 0) is 0 Å². The van der Waals surface area contributed by atoms with Crippen molar-refractivity contribution in [3.05, 3.63) is 44.1 Å². The molecule has 0 fully saturated rings. The fourth-order valence-electron chi connectivity index (χ4n) is 1.39. The van der Waals surface area contributed by atoms with Gasteiger partial charge in [-0.3, -0.25) is 0 Å². The highest BCUT2D eigenvalue weighted by Gasteiger charge is 2.13. The van der Waals surface area contributed by atoms with Crippen molar-refractivity contribution in [1.29, 1.82) is 0 Å². The number of aryl methyl sites for hydroxylation is 1. The number of carbonyl (C=O) groups is 1. The van der Waals surface area contributed by atoms with Gasteiger partial charge in [-0.05, 0) is 28.9 Å². The van der Waals surface area contributed by atoms with Crippen molar-refractivity contribution in [2.45, 2.75) is 6.92 Å². The monoisotopic (exact) mass is 376 g/mol. The molecule has 0 amide bonds. The number of rotatable bonds is 3. The smallest absolute Gasteiger partial charge is 0.339 e. The molecule has 1 heterocycles. The second-order valence-corrected chi connectivity index (χ2v) is 5.42. The summed E-state index contributed by atoms with van der Waals surface area (Å²) in [5.41, 5.74) is 0.305. The van der Waals surface area contributed by atoms with E-state index in [1.165, 1.54) is 12.3 Å². The minimum atomic E-state index is -1.10. The lowest BCUT2D eigenvalue weighted by Gasteiger charge is -2.08. The number of carboxylic acids is 1. The minimum Gasteiger partial charge on any atom is -0.478 e. The lowest BCUT2D eigenvalue weighted by molar-refractivity contribution is 0.0695. The van der Waals surface area contributed by atoms with Gasteiger partial charge in [0.1, 0.15) is 0 Å². The summed E-state index contributed by atoms with van der Waals surface area (Å²) in [6.07, 6.45) is 1.17. The zero-order valence-corrected chi connectivity index (χ0v) is 13.1. The molecule has 1 aromatic carbocycles. The first-order valence-electron chi connectivity index (χ1n) is 5.28. The van der Waals surface area contributed by atoms with E-state index in [1.54, 1.807) is 13.0 Å². The van der Waals surface area contributed by atoms with E-state index in [1.807, 2.05) is 0 Å². The summed E-state index contributed by atoms with van der Waals surface area (Å²) in [6.45, 7) is 1.55. The van der Waals surface area contributed by atoms with Gasteiger partial charge in [0, 0.05) is 16.7 Å². The average molecular weight is 378 g/mol. The second kappa shape index (κ2) is 5.95. The largest absolute Gasteiger partial charge is 0.478 e. The minimum absolute atomic E-state index is 0.00668. The molecule has 2 rings (SSSR count). The molecular formula is C12H7BrCl2N2O3. The van der Waals surface area contributed by atoms with Crippen LogP contribution in [0.4, 0.5) is 0 Å². The average Bonchev–Trinajstić information content (AvgIpc) is 2.35. The Morgan fingerprint density at radius 2 is 2.05 bits per heavy atom. The van der Waals surface area contributed by atoms with Gasteiger partial charge in [0.05, 0.1) is 21.3 Å². The van der Waals surface area contributed by atoms with Crippen molar-refractivity contribution < 1.29 is 14.6 Å². The topological polar surface area (TPSA) is 72.3 Å². The molecule has 0 atom stereocenters. The number of carboxylic acid groups (broad SMARTS) is 1. The number of hydrogen-bond donors (Lipinski definition) is 1. The van der Waals surface area contributed by atoms with Crippen LogP contribution in [0.15, 0.2) is 22.8 Å². The highest BCUT2D eigenvalue weighted by atomic mass is 79.9. The van der Waals surface area contributed by atoms with Crippen molar-refractivity contribution in [3.63, 3.8) is 0 Å². The number of aromatic carboxylic acids is 1. The van der Waals surface area contributed by atoms with Crippen molar-refractivity contribution in [2.75, 3.05) is 0 Å². The fraction of sp³-hybridized carbons (Fsp3) is 0.0833. The quantitative estimate of drug-likeness (QED) is 0.805. The van der Waals surface area contributed by atoms with E-state index in [0.29, 0.717) is 20.2 Å². The van der Waals surface area contributed by atoms with Crippen molar-refractivity contribution in [3.8, 4) is 11.8 Å². The summed E-state index contributed by atoms with van der Waals surface area (Å²) in [6, 6.07) is 3.09. The van der Waals surface area contributed by atoms with Crippen LogP contribution in [0.25, 0.3) is 0 Å². The Morgan fingerprint density at radius 3 is 2.65 bits per heavy atom. The summed E-state index contributed by atoms with van der Waals surface area (Å²) >= 11 is 15.2. The predicted molar refractivity (Wildman–Crippen MR) is 78.0 cm³/mol. The van der Waals surface area contributed by atoms with Crippen LogP contribution in [0.2, 0.25) is 10.0 Å². The molecule has 104 valence electrons. The standard InChI is InChI=1S/C12H7BrCl2N2O3/c1-5-6(11(18)19)4-16-12(17-5)20-10-3-8(14)7(13)2-9(10)15/h2-4H,1H3,(H,18,19). The van der Waals surface area contributed by atoms with E-state index in [9.17, 15) is 4.79 Å². The van der Waals surface area contributed by atoms with Crippen LogP contribution >= 0.6 is 39.1 Å². The molecule has 0 saturated carbocycles. The zero-order valence-electron chi connectivity index (χ0n) is 10.0. The van der Waals surface area contributed by atoms with E-state index < -0.39 is 5.97 Å². The third kappa shape index (κ3) is 3.20. The summed E-state index contributed by atoms with van der Waals surface area (Å²) in [7, 11) is 0. The van der Waals surface area contributed by atoms with Gasteiger partial charge >= 0.3 is 12.0 Å². The Balaban J connectivity index is 2.33. The molecule has 0 radical (unpaired) electrons. The van der Waals surface area contributed by atoms with E-state index in [0.717, 1.165) is 0 Å². The van der Waals surface area contributed by atoms with Crippen LogP contribution in [0.3, 0.4) is 0 Å². The molecule has 0 spiro atoms.